The van der Waals surface area contributed by atoms with Crippen LogP contribution >= 0.6 is 22.9 Å². The van der Waals surface area contributed by atoms with E-state index in [0.29, 0.717) is 6.54 Å². The van der Waals surface area contributed by atoms with Crippen LogP contribution in [0.2, 0.25) is 4.34 Å². The summed E-state index contributed by atoms with van der Waals surface area (Å²) in [6.07, 6.45) is 1.21. The molecule has 0 aliphatic carbocycles. The lowest BCUT2D eigenvalue weighted by Crippen LogP contribution is -2.20. The zero-order valence-electron chi connectivity index (χ0n) is 9.16. The van der Waals surface area contributed by atoms with Crippen molar-refractivity contribution in [2.75, 3.05) is 6.54 Å². The minimum absolute atomic E-state index is 0.176. The average Bonchev–Trinajstić information content (AvgIpc) is 2.60. The van der Waals surface area contributed by atoms with E-state index in [1.54, 1.807) is 6.92 Å². The lowest BCUT2D eigenvalue weighted by Gasteiger charge is -2.11. The number of aliphatic carboxylic acids is 1. The van der Waals surface area contributed by atoms with Crippen LogP contribution in [0.5, 0.6) is 0 Å². The molecule has 0 saturated heterocycles. The van der Waals surface area contributed by atoms with Crippen molar-refractivity contribution in [3.05, 3.63) is 33.0 Å². The summed E-state index contributed by atoms with van der Waals surface area (Å²) in [5.41, 5.74) is 0.794. The minimum Gasteiger partial charge on any atom is -0.478 e. The molecule has 1 unspecified atom stereocenters. The first kappa shape index (κ1) is 13.2. The molecule has 3 nitrogen and oxygen atoms in total. The molecule has 0 aromatic carbocycles. The van der Waals surface area contributed by atoms with E-state index in [9.17, 15) is 4.79 Å². The molecule has 1 aromatic heterocycles. The van der Waals surface area contributed by atoms with Gasteiger partial charge in [-0.05, 0) is 26.0 Å². The molecule has 0 bridgehead atoms. The van der Waals surface area contributed by atoms with Gasteiger partial charge in [0.2, 0.25) is 0 Å². The maximum atomic E-state index is 10.4. The quantitative estimate of drug-likeness (QED) is 0.799. The zero-order chi connectivity index (χ0) is 12.1. The highest BCUT2D eigenvalue weighted by Gasteiger charge is 2.07. The van der Waals surface area contributed by atoms with Crippen LogP contribution in [0.1, 0.15) is 24.8 Å². The Hall–Kier alpha value is -0.840. The first-order valence-corrected chi connectivity index (χ1v) is 6.07. The Bertz CT molecular complexity index is 400. The van der Waals surface area contributed by atoms with Crippen molar-refractivity contribution in [1.29, 1.82) is 0 Å². The van der Waals surface area contributed by atoms with Gasteiger partial charge in [-0.2, -0.15) is 0 Å². The van der Waals surface area contributed by atoms with Crippen molar-refractivity contribution in [1.82, 2.24) is 5.32 Å². The van der Waals surface area contributed by atoms with Crippen LogP contribution < -0.4 is 5.32 Å². The Kier molecular flexibility index (Phi) is 4.99. The first-order valence-electron chi connectivity index (χ1n) is 4.87. The number of rotatable bonds is 5. The molecule has 0 fully saturated rings. The number of carboxylic acids is 1. The van der Waals surface area contributed by atoms with Gasteiger partial charge in [0.15, 0.2) is 0 Å². The van der Waals surface area contributed by atoms with Crippen LogP contribution in [0.15, 0.2) is 23.8 Å². The molecule has 0 aliphatic rings. The molecule has 88 valence electrons. The Morgan fingerprint density at radius 2 is 2.38 bits per heavy atom. The second-order valence-corrected chi connectivity index (χ2v) is 5.32. The molecule has 1 aromatic rings. The van der Waals surface area contributed by atoms with Crippen molar-refractivity contribution in [2.24, 2.45) is 0 Å². The smallest absolute Gasteiger partial charge is 0.328 e. The molecule has 0 aliphatic heterocycles. The van der Waals surface area contributed by atoms with Crippen LogP contribution in [0.3, 0.4) is 0 Å². The highest BCUT2D eigenvalue weighted by molar-refractivity contribution is 7.16. The van der Waals surface area contributed by atoms with E-state index in [0.717, 1.165) is 14.8 Å². The molecular weight excluding hydrogens is 246 g/mol. The number of carbonyl (C=O) groups is 1. The fourth-order valence-electron chi connectivity index (χ4n) is 1.24. The average molecular weight is 260 g/mol. The number of hydrogen-bond acceptors (Lipinski definition) is 3. The molecule has 2 N–H and O–H groups in total. The number of thiophene rings is 1. The highest BCUT2D eigenvalue weighted by atomic mass is 35.5. The fourth-order valence-corrected chi connectivity index (χ4v) is 2.33. The second-order valence-electron chi connectivity index (χ2n) is 3.57. The predicted molar refractivity (Wildman–Crippen MR) is 67.1 cm³/mol. The molecule has 16 heavy (non-hydrogen) atoms. The fraction of sp³-hybridized carbons (Fsp3) is 0.364. The monoisotopic (exact) mass is 259 g/mol. The van der Waals surface area contributed by atoms with Crippen molar-refractivity contribution in [3.63, 3.8) is 0 Å². The Balaban J connectivity index is 2.47. The van der Waals surface area contributed by atoms with Crippen LogP contribution in [0, 0.1) is 0 Å². The molecule has 0 radical (unpaired) electrons. The molecule has 1 rings (SSSR count). The summed E-state index contributed by atoms with van der Waals surface area (Å²) in [5.74, 6) is -0.911. The third-order valence-electron chi connectivity index (χ3n) is 2.08. The first-order chi connectivity index (χ1) is 7.49. The third-order valence-corrected chi connectivity index (χ3v) is 3.49. The molecule has 0 amide bonds. The molecule has 0 saturated carbocycles. The maximum Gasteiger partial charge on any atom is 0.328 e. The lowest BCUT2D eigenvalue weighted by molar-refractivity contribution is -0.131. The van der Waals surface area contributed by atoms with Crippen molar-refractivity contribution < 1.29 is 9.90 Å². The van der Waals surface area contributed by atoms with Crippen LogP contribution in [-0.2, 0) is 4.79 Å². The van der Waals surface area contributed by atoms with Crippen LogP contribution in [-0.4, -0.2) is 17.6 Å². The normalized spacial score (nSPS) is 13.8. The number of halogens is 1. The maximum absolute atomic E-state index is 10.4. The van der Waals surface area contributed by atoms with E-state index in [2.05, 4.69) is 5.32 Å². The Morgan fingerprint density at radius 1 is 1.69 bits per heavy atom. The van der Waals surface area contributed by atoms with Gasteiger partial charge in [-0.3, -0.25) is 0 Å². The summed E-state index contributed by atoms with van der Waals surface area (Å²) in [5, 5.41) is 11.8. The summed E-state index contributed by atoms with van der Waals surface area (Å²) in [7, 11) is 0. The highest BCUT2D eigenvalue weighted by Crippen LogP contribution is 2.26. The summed E-state index contributed by atoms with van der Waals surface area (Å²) < 4.78 is 0.765. The molecule has 0 spiro atoms. The Labute approximate surface area is 104 Å². The zero-order valence-corrected chi connectivity index (χ0v) is 10.7. The summed E-state index contributed by atoms with van der Waals surface area (Å²) >= 11 is 7.37. The second kappa shape index (κ2) is 6.03. The van der Waals surface area contributed by atoms with Gasteiger partial charge < -0.3 is 10.4 Å². The van der Waals surface area contributed by atoms with Crippen molar-refractivity contribution >= 4 is 28.9 Å². The molecule has 1 heterocycles. The van der Waals surface area contributed by atoms with E-state index in [1.807, 2.05) is 19.1 Å². The van der Waals surface area contributed by atoms with Gasteiger partial charge in [0.05, 0.1) is 4.34 Å². The standard InChI is InChI=1S/C11H14ClNO2S/c1-7(5-11(14)15)6-13-8(2)9-3-4-10(12)16-9/h3-5,8,13H,6H2,1-2H3,(H,14,15)/b7-5+. The van der Waals surface area contributed by atoms with Gasteiger partial charge in [-0.25, -0.2) is 4.79 Å². The topological polar surface area (TPSA) is 49.3 Å². The van der Waals surface area contributed by atoms with E-state index >= 15 is 0 Å². The summed E-state index contributed by atoms with van der Waals surface area (Å²) in [4.78, 5) is 11.6. The van der Waals surface area contributed by atoms with Crippen LogP contribution in [0.4, 0.5) is 0 Å². The number of carboxylic acid groups (broad SMARTS) is 1. The van der Waals surface area contributed by atoms with Gasteiger partial charge in [0.1, 0.15) is 0 Å². The van der Waals surface area contributed by atoms with E-state index in [1.165, 1.54) is 17.4 Å². The summed E-state index contributed by atoms with van der Waals surface area (Å²) in [6, 6.07) is 4.01. The van der Waals surface area contributed by atoms with Gasteiger partial charge >= 0.3 is 5.97 Å². The molecule has 1 atom stereocenters. The van der Waals surface area contributed by atoms with Gasteiger partial charge in [0.25, 0.3) is 0 Å². The van der Waals surface area contributed by atoms with E-state index in [-0.39, 0.29) is 6.04 Å². The third kappa shape index (κ3) is 4.35. The SMILES string of the molecule is C/C(=C\C(=O)O)CNC(C)c1ccc(Cl)s1. The molecule has 5 heteroatoms. The van der Waals surface area contributed by atoms with Crippen molar-refractivity contribution in [3.8, 4) is 0 Å². The molecular formula is C11H14ClNO2S. The van der Waals surface area contributed by atoms with Gasteiger partial charge in [-0.1, -0.05) is 17.2 Å². The lowest BCUT2D eigenvalue weighted by atomic mass is 10.2. The van der Waals surface area contributed by atoms with Gasteiger partial charge in [-0.15, -0.1) is 11.3 Å². The van der Waals surface area contributed by atoms with E-state index in [4.69, 9.17) is 16.7 Å². The van der Waals surface area contributed by atoms with Crippen LogP contribution in [0.25, 0.3) is 0 Å². The Morgan fingerprint density at radius 3 is 2.88 bits per heavy atom. The van der Waals surface area contributed by atoms with E-state index < -0.39 is 5.97 Å². The largest absolute Gasteiger partial charge is 0.478 e. The van der Waals surface area contributed by atoms with Crippen molar-refractivity contribution in [2.45, 2.75) is 19.9 Å². The van der Waals surface area contributed by atoms with Gasteiger partial charge in [0, 0.05) is 23.5 Å². The number of nitrogens with one attached hydrogen (secondary N) is 1. The summed E-state index contributed by atoms with van der Waals surface area (Å²) in [6.45, 7) is 4.37. The predicted octanol–water partition coefficient (Wildman–Crippen LogP) is 3.08. The minimum atomic E-state index is -0.911. The number of hydrogen-bond donors (Lipinski definition) is 2.